The summed E-state index contributed by atoms with van der Waals surface area (Å²) in [7, 11) is 0. The molecule has 0 radical (unpaired) electrons. The first-order valence-electron chi connectivity index (χ1n) is 6.46. The first kappa shape index (κ1) is 14.6. The Hall–Kier alpha value is -1.81. The van der Waals surface area contributed by atoms with E-state index in [9.17, 15) is 13.2 Å². The van der Waals surface area contributed by atoms with Gasteiger partial charge in [0.25, 0.3) is 0 Å². The second-order valence-corrected chi connectivity index (χ2v) is 4.71. The van der Waals surface area contributed by atoms with E-state index in [2.05, 4.69) is 15.6 Å². The zero-order valence-electron chi connectivity index (χ0n) is 10.8. The molecule has 20 heavy (non-hydrogen) atoms. The highest BCUT2D eigenvalue weighted by Gasteiger charge is 2.33. The predicted molar refractivity (Wildman–Crippen MR) is 68.1 cm³/mol. The van der Waals surface area contributed by atoms with E-state index in [0.29, 0.717) is 12.6 Å². The van der Waals surface area contributed by atoms with E-state index in [1.165, 1.54) is 12.8 Å². The Kier molecular flexibility index (Phi) is 4.45. The van der Waals surface area contributed by atoms with E-state index >= 15 is 0 Å². The van der Waals surface area contributed by atoms with Crippen molar-refractivity contribution in [2.24, 2.45) is 0 Å². The summed E-state index contributed by atoms with van der Waals surface area (Å²) in [4.78, 5) is 3.48. The van der Waals surface area contributed by atoms with Crippen LogP contribution in [0.3, 0.4) is 0 Å². The molecule has 1 aliphatic rings. The molecule has 7 heteroatoms. The van der Waals surface area contributed by atoms with Crippen LogP contribution in [-0.4, -0.2) is 24.1 Å². The molecule has 1 aromatic heterocycles. The molecule has 2 rings (SSSR count). The molecule has 0 unspecified atom stereocenters. The Morgan fingerprint density at radius 3 is 2.65 bits per heavy atom. The average Bonchev–Trinajstić information content (AvgIpc) is 3.21. The van der Waals surface area contributed by atoms with E-state index in [-0.39, 0.29) is 11.4 Å². The number of pyridine rings is 1. The van der Waals surface area contributed by atoms with Crippen LogP contribution in [0.15, 0.2) is 12.1 Å². The van der Waals surface area contributed by atoms with Crippen LogP contribution in [0, 0.1) is 11.3 Å². The maximum atomic E-state index is 12.6. The molecule has 4 nitrogen and oxygen atoms in total. The lowest BCUT2D eigenvalue weighted by Crippen LogP contribution is -2.20. The van der Waals surface area contributed by atoms with Gasteiger partial charge in [-0.1, -0.05) is 0 Å². The summed E-state index contributed by atoms with van der Waals surface area (Å²) < 4.78 is 37.7. The van der Waals surface area contributed by atoms with Gasteiger partial charge in [0.2, 0.25) is 0 Å². The number of halogens is 3. The summed E-state index contributed by atoms with van der Waals surface area (Å²) >= 11 is 0. The molecule has 0 bridgehead atoms. The van der Waals surface area contributed by atoms with Crippen molar-refractivity contribution in [1.29, 1.82) is 5.26 Å². The number of nitrogens with one attached hydrogen (secondary N) is 2. The molecule has 1 aromatic rings. The maximum Gasteiger partial charge on any atom is 0.433 e. The molecule has 0 aromatic carbocycles. The molecule has 2 N–H and O–H groups in total. The Morgan fingerprint density at radius 2 is 2.05 bits per heavy atom. The number of hydrogen-bond donors (Lipinski definition) is 2. The van der Waals surface area contributed by atoms with Gasteiger partial charge in [0.1, 0.15) is 17.6 Å². The number of rotatable bonds is 6. The van der Waals surface area contributed by atoms with Crippen molar-refractivity contribution in [2.45, 2.75) is 31.5 Å². The van der Waals surface area contributed by atoms with Crippen molar-refractivity contribution < 1.29 is 13.2 Å². The highest BCUT2D eigenvalue weighted by atomic mass is 19.4. The molecule has 0 spiro atoms. The van der Waals surface area contributed by atoms with Gasteiger partial charge in [-0.25, -0.2) is 4.98 Å². The van der Waals surface area contributed by atoms with Crippen molar-refractivity contribution >= 4 is 5.82 Å². The van der Waals surface area contributed by atoms with Crippen molar-refractivity contribution in [2.75, 3.05) is 18.4 Å². The van der Waals surface area contributed by atoms with Gasteiger partial charge in [-0.3, -0.25) is 0 Å². The molecule has 1 fully saturated rings. The highest BCUT2D eigenvalue weighted by Crippen LogP contribution is 2.29. The van der Waals surface area contributed by atoms with Gasteiger partial charge in [-0.15, -0.1) is 0 Å². The van der Waals surface area contributed by atoms with Gasteiger partial charge in [-0.2, -0.15) is 18.4 Å². The van der Waals surface area contributed by atoms with E-state index in [1.54, 1.807) is 0 Å². The summed E-state index contributed by atoms with van der Waals surface area (Å²) in [6.07, 6.45) is -1.35. The largest absolute Gasteiger partial charge is 0.433 e. The summed E-state index contributed by atoms with van der Waals surface area (Å²) in [5.41, 5.74) is -0.872. The van der Waals surface area contributed by atoms with Crippen LogP contribution in [0.5, 0.6) is 0 Å². The molecule has 0 atom stereocenters. The lowest BCUT2D eigenvalue weighted by Gasteiger charge is -2.11. The number of alkyl halides is 3. The average molecular weight is 284 g/mol. The number of anilines is 1. The minimum atomic E-state index is -4.50. The third-order valence-corrected chi connectivity index (χ3v) is 2.96. The summed E-state index contributed by atoms with van der Waals surface area (Å²) in [5.74, 6) is -0.00579. The highest BCUT2D eigenvalue weighted by molar-refractivity contribution is 5.52. The Bertz CT molecular complexity index is 503. The van der Waals surface area contributed by atoms with Crippen LogP contribution >= 0.6 is 0 Å². The van der Waals surface area contributed by atoms with Gasteiger partial charge >= 0.3 is 6.18 Å². The topological polar surface area (TPSA) is 60.7 Å². The van der Waals surface area contributed by atoms with Gasteiger partial charge in [-0.05, 0) is 37.9 Å². The van der Waals surface area contributed by atoms with Crippen LogP contribution in [0.1, 0.15) is 30.5 Å². The van der Waals surface area contributed by atoms with Crippen molar-refractivity contribution in [3.8, 4) is 6.07 Å². The Balaban J connectivity index is 1.91. The first-order valence-corrected chi connectivity index (χ1v) is 6.46. The van der Waals surface area contributed by atoms with Gasteiger partial charge in [0.15, 0.2) is 0 Å². The van der Waals surface area contributed by atoms with Crippen LogP contribution in [0.2, 0.25) is 0 Å². The number of hydrogen-bond acceptors (Lipinski definition) is 4. The minimum absolute atomic E-state index is 0.00579. The molecule has 1 saturated carbocycles. The Labute approximate surface area is 115 Å². The molecule has 1 aliphatic carbocycles. The third kappa shape index (κ3) is 4.10. The fourth-order valence-corrected chi connectivity index (χ4v) is 1.73. The number of nitrogens with zero attached hydrogens (tertiary/aromatic N) is 2. The predicted octanol–water partition coefficient (Wildman–Crippen LogP) is 2.53. The second-order valence-electron chi connectivity index (χ2n) is 4.71. The van der Waals surface area contributed by atoms with E-state index in [1.807, 2.05) is 6.07 Å². The van der Waals surface area contributed by atoms with E-state index < -0.39 is 11.9 Å². The second kappa shape index (κ2) is 6.09. The summed E-state index contributed by atoms with van der Waals surface area (Å²) in [6.45, 7) is 1.28. The molecular weight excluding hydrogens is 269 g/mol. The van der Waals surface area contributed by atoms with Crippen LogP contribution < -0.4 is 10.6 Å². The lowest BCUT2D eigenvalue weighted by atomic mass is 10.2. The molecule has 0 amide bonds. The lowest BCUT2D eigenvalue weighted by molar-refractivity contribution is -0.141. The van der Waals surface area contributed by atoms with Crippen LogP contribution in [0.4, 0.5) is 19.0 Å². The Morgan fingerprint density at radius 1 is 1.30 bits per heavy atom. The minimum Gasteiger partial charge on any atom is -0.369 e. The summed E-state index contributed by atoms with van der Waals surface area (Å²) in [5, 5.41) is 15.0. The number of nitriles is 1. The molecule has 108 valence electrons. The van der Waals surface area contributed by atoms with E-state index in [0.717, 1.165) is 25.1 Å². The fraction of sp³-hybridized carbons (Fsp3) is 0.538. The quantitative estimate of drug-likeness (QED) is 0.788. The zero-order valence-corrected chi connectivity index (χ0v) is 10.8. The molecule has 1 heterocycles. The third-order valence-electron chi connectivity index (χ3n) is 2.96. The van der Waals surface area contributed by atoms with E-state index in [4.69, 9.17) is 5.26 Å². The first-order chi connectivity index (χ1) is 9.50. The summed E-state index contributed by atoms with van der Waals surface area (Å²) in [6, 6.07) is 4.40. The zero-order chi connectivity index (χ0) is 14.6. The fourth-order valence-electron chi connectivity index (χ4n) is 1.73. The van der Waals surface area contributed by atoms with Gasteiger partial charge < -0.3 is 10.6 Å². The maximum absolute atomic E-state index is 12.6. The smallest absolute Gasteiger partial charge is 0.369 e. The van der Waals surface area contributed by atoms with Crippen molar-refractivity contribution in [3.63, 3.8) is 0 Å². The molecular formula is C13H15F3N4. The molecule has 0 saturated heterocycles. The van der Waals surface area contributed by atoms with Crippen molar-refractivity contribution in [3.05, 3.63) is 23.4 Å². The normalized spacial score (nSPS) is 14.9. The molecule has 0 aliphatic heterocycles. The van der Waals surface area contributed by atoms with Crippen molar-refractivity contribution in [1.82, 2.24) is 10.3 Å². The SMILES string of the molecule is N#Cc1ccc(C(F)(F)F)nc1NCCCNC1CC1. The number of aromatic nitrogens is 1. The van der Waals surface area contributed by atoms with Gasteiger partial charge in [0.05, 0.1) is 5.56 Å². The van der Waals surface area contributed by atoms with Gasteiger partial charge in [0, 0.05) is 12.6 Å². The van der Waals surface area contributed by atoms with Crippen LogP contribution in [0.25, 0.3) is 0 Å². The standard InChI is InChI=1S/C13H15F3N4/c14-13(15,16)11-5-2-9(8-17)12(20-11)19-7-1-6-18-10-3-4-10/h2,5,10,18H,1,3-4,6-7H2,(H,19,20). The van der Waals surface area contributed by atoms with Crippen LogP contribution in [-0.2, 0) is 6.18 Å². The monoisotopic (exact) mass is 284 g/mol.